The molecule has 3 nitrogen and oxygen atoms in total. The highest BCUT2D eigenvalue weighted by atomic mass is 127. The van der Waals surface area contributed by atoms with Gasteiger partial charge in [-0.2, -0.15) is 0 Å². The zero-order chi connectivity index (χ0) is 19.7. The van der Waals surface area contributed by atoms with Crippen LogP contribution in [0.5, 0.6) is 5.75 Å². The molecule has 26 heavy (non-hydrogen) atoms. The lowest BCUT2D eigenvalue weighted by Gasteiger charge is -2.39. The van der Waals surface area contributed by atoms with Crippen LogP contribution >= 0.6 is 41.1 Å². The SMILES string of the molecule is CCCC1(C)CCc2c(P)c(C(C)(C)OOC(C)CC)c(I)c(P)c2O1. The lowest BCUT2D eigenvalue weighted by Crippen LogP contribution is -2.41. The fourth-order valence-corrected chi connectivity index (χ4v) is 6.07. The Labute approximate surface area is 177 Å². The van der Waals surface area contributed by atoms with E-state index in [2.05, 4.69) is 75.7 Å². The average molecular weight is 510 g/mol. The molecule has 4 atom stereocenters. The van der Waals surface area contributed by atoms with Crippen molar-refractivity contribution in [3.63, 3.8) is 0 Å². The first-order chi connectivity index (χ1) is 12.1. The smallest absolute Gasteiger partial charge is 0.132 e. The van der Waals surface area contributed by atoms with Crippen molar-refractivity contribution in [3.8, 4) is 5.75 Å². The minimum Gasteiger partial charge on any atom is -0.487 e. The molecule has 0 N–H and O–H groups in total. The van der Waals surface area contributed by atoms with Gasteiger partial charge in [-0.25, -0.2) is 9.78 Å². The van der Waals surface area contributed by atoms with Crippen LogP contribution in [0, 0.1) is 3.57 Å². The van der Waals surface area contributed by atoms with Gasteiger partial charge in [0.25, 0.3) is 0 Å². The molecule has 6 heteroatoms. The Morgan fingerprint density at radius 1 is 1.27 bits per heavy atom. The summed E-state index contributed by atoms with van der Waals surface area (Å²) in [5.74, 6) is 1.04. The molecule has 0 radical (unpaired) electrons. The molecule has 1 aliphatic heterocycles. The van der Waals surface area contributed by atoms with E-state index in [1.54, 1.807) is 0 Å². The number of ether oxygens (including phenoxy) is 1. The normalized spacial score (nSPS) is 21.3. The third-order valence-corrected chi connectivity index (χ3v) is 8.09. The van der Waals surface area contributed by atoms with Gasteiger partial charge in [0.2, 0.25) is 0 Å². The van der Waals surface area contributed by atoms with Crippen LogP contribution in [0.1, 0.15) is 78.4 Å². The van der Waals surface area contributed by atoms with Crippen LogP contribution in [-0.4, -0.2) is 11.7 Å². The molecule has 1 aliphatic rings. The van der Waals surface area contributed by atoms with Gasteiger partial charge in [0.15, 0.2) is 0 Å². The Morgan fingerprint density at radius 3 is 2.50 bits per heavy atom. The summed E-state index contributed by atoms with van der Waals surface area (Å²) in [5, 5.41) is 2.32. The Balaban J connectivity index is 2.44. The Bertz CT molecular complexity index is 663. The first-order valence-corrected chi connectivity index (χ1v) is 11.7. The molecule has 1 aromatic rings. The zero-order valence-corrected chi connectivity index (χ0v) is 21.3. The van der Waals surface area contributed by atoms with Gasteiger partial charge in [-0.1, -0.05) is 20.3 Å². The fraction of sp³-hybridized carbons (Fsp3) is 0.700. The first kappa shape index (κ1) is 22.8. The molecular formula is C20H33IO3P2. The van der Waals surface area contributed by atoms with Crippen molar-refractivity contribution in [1.82, 2.24) is 0 Å². The van der Waals surface area contributed by atoms with E-state index in [9.17, 15) is 0 Å². The number of fused-ring (bicyclic) bond motifs is 1. The third kappa shape index (κ3) is 4.74. The Hall–Kier alpha value is 0.530. The lowest BCUT2D eigenvalue weighted by atomic mass is 9.86. The molecule has 0 amide bonds. The minimum absolute atomic E-state index is 0.0690. The maximum absolute atomic E-state index is 6.52. The van der Waals surface area contributed by atoms with Crippen molar-refractivity contribution in [2.75, 3.05) is 0 Å². The summed E-state index contributed by atoms with van der Waals surface area (Å²) in [6.07, 6.45) is 5.28. The van der Waals surface area contributed by atoms with E-state index in [0.717, 1.165) is 52.3 Å². The molecule has 4 unspecified atom stereocenters. The van der Waals surface area contributed by atoms with Crippen LogP contribution in [0.2, 0.25) is 0 Å². The predicted octanol–water partition coefficient (Wildman–Crippen LogP) is 5.16. The van der Waals surface area contributed by atoms with E-state index in [1.807, 2.05) is 6.92 Å². The van der Waals surface area contributed by atoms with E-state index < -0.39 is 5.60 Å². The topological polar surface area (TPSA) is 27.7 Å². The van der Waals surface area contributed by atoms with E-state index in [0.29, 0.717) is 0 Å². The van der Waals surface area contributed by atoms with Gasteiger partial charge >= 0.3 is 0 Å². The van der Waals surface area contributed by atoms with Gasteiger partial charge in [-0.15, -0.1) is 18.5 Å². The summed E-state index contributed by atoms with van der Waals surface area (Å²) in [5.41, 5.74) is 1.84. The largest absolute Gasteiger partial charge is 0.487 e. The summed E-state index contributed by atoms with van der Waals surface area (Å²) in [4.78, 5) is 11.5. The fourth-order valence-electron chi connectivity index (χ4n) is 3.45. The average Bonchev–Trinajstić information content (AvgIpc) is 2.57. The number of benzene rings is 1. The molecule has 0 aromatic heterocycles. The molecule has 1 heterocycles. The van der Waals surface area contributed by atoms with Crippen LogP contribution in [-0.2, 0) is 21.8 Å². The number of halogens is 1. The molecule has 0 aliphatic carbocycles. The van der Waals surface area contributed by atoms with Gasteiger partial charge in [0.1, 0.15) is 17.0 Å². The van der Waals surface area contributed by atoms with Crippen LogP contribution in [0.15, 0.2) is 0 Å². The standard InChI is InChI=1S/C20H33IO3P2/c1-7-10-20(6)11-9-13-16(22-20)18(26)15(21)14(17(13)25)19(4,5)24-23-12(3)8-2/h12H,7-11,25-26H2,1-6H3. The first-order valence-electron chi connectivity index (χ1n) is 9.49. The summed E-state index contributed by atoms with van der Waals surface area (Å²) in [7, 11) is 5.83. The van der Waals surface area contributed by atoms with Gasteiger partial charge in [0, 0.05) is 20.0 Å². The Kier molecular flexibility index (Phi) is 7.82. The molecule has 0 saturated heterocycles. The molecule has 2 rings (SSSR count). The van der Waals surface area contributed by atoms with Gasteiger partial charge in [-0.3, -0.25) is 0 Å². The van der Waals surface area contributed by atoms with E-state index in [1.165, 1.54) is 10.9 Å². The van der Waals surface area contributed by atoms with Crippen molar-refractivity contribution in [3.05, 3.63) is 14.7 Å². The van der Waals surface area contributed by atoms with Crippen molar-refractivity contribution >= 4 is 51.7 Å². The monoisotopic (exact) mass is 510 g/mol. The molecule has 1 aromatic carbocycles. The molecule has 0 bridgehead atoms. The van der Waals surface area contributed by atoms with Crippen LogP contribution in [0.4, 0.5) is 0 Å². The quantitative estimate of drug-likeness (QED) is 0.220. The van der Waals surface area contributed by atoms with Crippen LogP contribution in [0.3, 0.4) is 0 Å². The molecule has 0 spiro atoms. The second-order valence-electron chi connectivity index (χ2n) is 8.03. The lowest BCUT2D eigenvalue weighted by molar-refractivity contribution is -0.379. The number of rotatable bonds is 7. The maximum Gasteiger partial charge on any atom is 0.132 e. The summed E-state index contributed by atoms with van der Waals surface area (Å²) in [6.45, 7) is 12.7. The van der Waals surface area contributed by atoms with Gasteiger partial charge in [0.05, 0.1) is 6.10 Å². The minimum atomic E-state index is -0.540. The van der Waals surface area contributed by atoms with Crippen LogP contribution < -0.4 is 15.3 Å². The highest BCUT2D eigenvalue weighted by molar-refractivity contribution is 14.1. The van der Waals surface area contributed by atoms with E-state index in [4.69, 9.17) is 14.5 Å². The third-order valence-electron chi connectivity index (χ3n) is 5.20. The second kappa shape index (κ2) is 8.91. The van der Waals surface area contributed by atoms with E-state index >= 15 is 0 Å². The summed E-state index contributed by atoms with van der Waals surface area (Å²) < 4.78 is 7.69. The molecule has 0 saturated carbocycles. The Morgan fingerprint density at radius 2 is 1.92 bits per heavy atom. The van der Waals surface area contributed by atoms with Gasteiger partial charge < -0.3 is 4.74 Å². The predicted molar refractivity (Wildman–Crippen MR) is 125 cm³/mol. The number of hydrogen-bond acceptors (Lipinski definition) is 3. The molecule has 0 fully saturated rings. The number of hydrogen-bond donors (Lipinski definition) is 0. The molecule has 148 valence electrons. The highest BCUT2D eigenvalue weighted by Crippen LogP contribution is 2.40. The maximum atomic E-state index is 6.52. The van der Waals surface area contributed by atoms with Crippen molar-refractivity contribution < 1.29 is 14.5 Å². The summed E-state index contributed by atoms with van der Waals surface area (Å²) in [6, 6.07) is 0. The summed E-state index contributed by atoms with van der Waals surface area (Å²) >= 11 is 2.41. The highest BCUT2D eigenvalue weighted by Gasteiger charge is 2.37. The second-order valence-corrected chi connectivity index (χ2v) is 10.3. The van der Waals surface area contributed by atoms with Crippen LogP contribution in [0.25, 0.3) is 0 Å². The molecular weight excluding hydrogens is 477 g/mol. The zero-order valence-electron chi connectivity index (χ0n) is 16.9. The van der Waals surface area contributed by atoms with Crippen molar-refractivity contribution in [2.45, 2.75) is 91.0 Å². The van der Waals surface area contributed by atoms with E-state index in [-0.39, 0.29) is 11.7 Å². The van der Waals surface area contributed by atoms with Gasteiger partial charge in [-0.05, 0) is 81.3 Å². The van der Waals surface area contributed by atoms with Crippen molar-refractivity contribution in [2.24, 2.45) is 0 Å². The van der Waals surface area contributed by atoms with Crippen molar-refractivity contribution in [1.29, 1.82) is 0 Å².